The van der Waals surface area contributed by atoms with Gasteiger partial charge >= 0.3 is 0 Å². The van der Waals surface area contributed by atoms with Crippen LogP contribution in [0.15, 0.2) is 57.2 Å². The van der Waals surface area contributed by atoms with Gasteiger partial charge in [-0.3, -0.25) is 14.4 Å². The summed E-state index contributed by atoms with van der Waals surface area (Å²) in [5.74, 6) is 1.25. The third-order valence-corrected chi connectivity index (χ3v) is 7.31. The molecule has 2 aliphatic heterocycles. The summed E-state index contributed by atoms with van der Waals surface area (Å²) in [7, 11) is -7.82. The molecule has 0 aliphatic carbocycles. The second-order valence-electron chi connectivity index (χ2n) is 6.83. The normalized spacial score (nSPS) is 16.5. The van der Waals surface area contributed by atoms with Gasteiger partial charge in [-0.15, -0.1) is 0 Å². The molecule has 0 amide bonds. The summed E-state index contributed by atoms with van der Waals surface area (Å²) in [6.07, 6.45) is 2.07. The maximum absolute atomic E-state index is 12.8. The number of anilines is 1. The maximum Gasteiger partial charge on any atom is 0.262 e. The summed E-state index contributed by atoms with van der Waals surface area (Å²) < 4.78 is 66.7. The molecule has 2 heterocycles. The number of sulfonamides is 2. The Bertz CT molecular complexity index is 1190. The Kier molecular flexibility index (Phi) is 5.56. The molecule has 2 N–H and O–H groups in total. The molecule has 11 heteroatoms. The number of hydrogen-bond donors (Lipinski definition) is 2. The number of fused-ring (bicyclic) bond motifs is 1. The van der Waals surface area contributed by atoms with Crippen molar-refractivity contribution in [3.05, 3.63) is 42.5 Å². The van der Waals surface area contributed by atoms with Gasteiger partial charge in [0.25, 0.3) is 20.0 Å². The van der Waals surface area contributed by atoms with Crippen molar-refractivity contribution in [2.45, 2.75) is 29.1 Å². The zero-order valence-electron chi connectivity index (χ0n) is 16.0. The first kappa shape index (κ1) is 20.5. The smallest absolute Gasteiger partial charge is 0.262 e. The Morgan fingerprint density at radius 3 is 2.30 bits per heavy atom. The Morgan fingerprint density at radius 1 is 0.800 bits per heavy atom. The van der Waals surface area contributed by atoms with Gasteiger partial charge in [-0.2, -0.15) is 0 Å². The van der Waals surface area contributed by atoms with Crippen LogP contribution in [0.5, 0.6) is 11.5 Å². The second-order valence-corrected chi connectivity index (χ2v) is 10.2. The lowest BCUT2D eigenvalue weighted by Gasteiger charge is -2.13. The van der Waals surface area contributed by atoms with E-state index in [2.05, 4.69) is 14.4 Å². The van der Waals surface area contributed by atoms with Crippen LogP contribution in [0.25, 0.3) is 0 Å². The predicted molar refractivity (Wildman–Crippen MR) is 111 cm³/mol. The lowest BCUT2D eigenvalue weighted by Crippen LogP contribution is -2.29. The van der Waals surface area contributed by atoms with E-state index >= 15 is 0 Å². The van der Waals surface area contributed by atoms with E-state index < -0.39 is 20.0 Å². The number of hydrogen-bond acceptors (Lipinski definition) is 7. The number of aliphatic imine (C=N–C) groups is 1. The van der Waals surface area contributed by atoms with E-state index in [0.717, 1.165) is 6.42 Å². The average Bonchev–Trinajstić information content (AvgIpc) is 3.09. The molecule has 0 saturated carbocycles. The van der Waals surface area contributed by atoms with Crippen molar-refractivity contribution in [3.8, 4) is 11.5 Å². The number of rotatable bonds is 5. The van der Waals surface area contributed by atoms with E-state index in [9.17, 15) is 16.8 Å². The summed E-state index contributed by atoms with van der Waals surface area (Å²) in [6.45, 7) is 1.52. The molecule has 30 heavy (non-hydrogen) atoms. The molecule has 0 spiro atoms. The van der Waals surface area contributed by atoms with Crippen LogP contribution in [0.4, 0.5) is 5.69 Å². The third kappa shape index (κ3) is 4.51. The van der Waals surface area contributed by atoms with Gasteiger partial charge in [0.15, 0.2) is 11.5 Å². The Hall–Kier alpha value is -2.79. The van der Waals surface area contributed by atoms with E-state index in [1.54, 1.807) is 6.07 Å². The zero-order valence-corrected chi connectivity index (χ0v) is 17.6. The van der Waals surface area contributed by atoms with Crippen LogP contribution in [0.2, 0.25) is 0 Å². The number of benzene rings is 2. The van der Waals surface area contributed by atoms with E-state index in [1.807, 2.05) is 0 Å². The molecule has 4 rings (SSSR count). The minimum absolute atomic E-state index is 0.0153. The highest BCUT2D eigenvalue weighted by molar-refractivity contribution is 7.92. The number of nitrogens with one attached hydrogen (secondary N) is 2. The topological polar surface area (TPSA) is 123 Å². The first-order chi connectivity index (χ1) is 14.3. The molecular formula is C19H21N3O6S2. The maximum atomic E-state index is 12.8. The Morgan fingerprint density at radius 2 is 1.53 bits per heavy atom. The van der Waals surface area contributed by atoms with Gasteiger partial charge in [-0.05, 0) is 36.8 Å². The fraction of sp³-hybridized carbons (Fsp3) is 0.316. The standard InChI is InChI=1S/C19H21N3O6S2/c23-29(24,16-7-8-17-18(13-16)28-11-3-10-27-17)21-14-4-1-5-15(12-14)30(25,26)22-19-6-2-9-20-19/h1,4-5,7-8,12-13,21H,2-3,6,9-11H2,(H,20,22). The quantitative estimate of drug-likeness (QED) is 0.718. The zero-order chi connectivity index (χ0) is 21.2. The Labute approximate surface area is 175 Å². The lowest BCUT2D eigenvalue weighted by molar-refractivity contribution is 0.297. The van der Waals surface area contributed by atoms with Crippen molar-refractivity contribution < 1.29 is 26.3 Å². The molecule has 0 fully saturated rings. The van der Waals surface area contributed by atoms with Crippen molar-refractivity contribution in [1.29, 1.82) is 0 Å². The van der Waals surface area contributed by atoms with E-state index in [4.69, 9.17) is 9.47 Å². The van der Waals surface area contributed by atoms with Gasteiger partial charge in [-0.25, -0.2) is 16.8 Å². The molecule has 0 aromatic heterocycles. The monoisotopic (exact) mass is 451 g/mol. The van der Waals surface area contributed by atoms with Crippen molar-refractivity contribution in [2.75, 3.05) is 24.5 Å². The molecule has 0 saturated heterocycles. The summed E-state index contributed by atoms with van der Waals surface area (Å²) in [4.78, 5) is 4.03. The van der Waals surface area contributed by atoms with Crippen LogP contribution in [-0.2, 0) is 20.0 Å². The van der Waals surface area contributed by atoms with Crippen LogP contribution in [-0.4, -0.2) is 42.4 Å². The largest absolute Gasteiger partial charge is 0.490 e. The molecule has 0 unspecified atom stereocenters. The molecule has 0 radical (unpaired) electrons. The summed E-state index contributed by atoms with van der Waals surface area (Å²) >= 11 is 0. The SMILES string of the molecule is O=S(=O)(NC1=NCCC1)c1cccc(NS(=O)(=O)c2ccc3c(c2)OCCCO3)c1. The van der Waals surface area contributed by atoms with Gasteiger partial charge in [0, 0.05) is 25.5 Å². The summed E-state index contributed by atoms with van der Waals surface area (Å²) in [5, 5.41) is 0. The van der Waals surface area contributed by atoms with E-state index in [1.165, 1.54) is 36.4 Å². The van der Waals surface area contributed by atoms with Gasteiger partial charge in [0.2, 0.25) is 0 Å². The Balaban J connectivity index is 1.57. The van der Waals surface area contributed by atoms with Crippen molar-refractivity contribution in [3.63, 3.8) is 0 Å². The first-order valence-corrected chi connectivity index (χ1v) is 12.4. The van der Waals surface area contributed by atoms with E-state index in [0.29, 0.717) is 49.9 Å². The van der Waals surface area contributed by atoms with Gasteiger partial charge in [0.1, 0.15) is 5.84 Å². The van der Waals surface area contributed by atoms with Crippen molar-refractivity contribution in [2.24, 2.45) is 4.99 Å². The minimum Gasteiger partial charge on any atom is -0.490 e. The van der Waals surface area contributed by atoms with E-state index in [-0.39, 0.29) is 15.5 Å². The van der Waals surface area contributed by atoms with Crippen LogP contribution >= 0.6 is 0 Å². The molecule has 160 valence electrons. The first-order valence-electron chi connectivity index (χ1n) is 9.42. The molecule has 2 aromatic carbocycles. The van der Waals surface area contributed by atoms with Crippen molar-refractivity contribution >= 4 is 31.6 Å². The van der Waals surface area contributed by atoms with Gasteiger partial charge in [-0.1, -0.05) is 6.07 Å². The summed E-state index contributed by atoms with van der Waals surface area (Å²) in [5.41, 5.74) is 0.123. The molecule has 9 nitrogen and oxygen atoms in total. The molecule has 2 aliphatic rings. The van der Waals surface area contributed by atoms with Gasteiger partial charge < -0.3 is 9.47 Å². The fourth-order valence-electron chi connectivity index (χ4n) is 3.09. The fourth-order valence-corrected chi connectivity index (χ4v) is 5.29. The highest BCUT2D eigenvalue weighted by Crippen LogP contribution is 2.32. The molecular weight excluding hydrogens is 430 g/mol. The average molecular weight is 452 g/mol. The van der Waals surface area contributed by atoms with Gasteiger partial charge in [0.05, 0.1) is 28.7 Å². The summed E-state index contributed by atoms with van der Waals surface area (Å²) in [6, 6.07) is 9.95. The predicted octanol–water partition coefficient (Wildman–Crippen LogP) is 2.12. The van der Waals surface area contributed by atoms with Crippen LogP contribution in [0.1, 0.15) is 19.3 Å². The second kappa shape index (κ2) is 8.15. The number of ether oxygens (including phenoxy) is 2. The highest BCUT2D eigenvalue weighted by Gasteiger charge is 2.21. The van der Waals surface area contributed by atoms with Crippen LogP contribution < -0.4 is 18.9 Å². The lowest BCUT2D eigenvalue weighted by atomic mass is 10.3. The molecule has 0 atom stereocenters. The van der Waals surface area contributed by atoms with Crippen LogP contribution in [0.3, 0.4) is 0 Å². The molecule has 2 aromatic rings. The number of amidine groups is 1. The number of nitrogens with zero attached hydrogens (tertiary/aromatic N) is 1. The molecule has 0 bridgehead atoms. The van der Waals surface area contributed by atoms with Crippen molar-refractivity contribution in [1.82, 2.24) is 4.72 Å². The third-order valence-electron chi connectivity index (χ3n) is 4.55. The highest BCUT2D eigenvalue weighted by atomic mass is 32.2. The minimum atomic E-state index is -3.97. The van der Waals surface area contributed by atoms with Crippen LogP contribution in [0, 0.1) is 0 Å².